The molecule has 0 bridgehead atoms. The Labute approximate surface area is 254 Å². The maximum atomic E-state index is 16.3. The molecular weight excluding hydrogens is 573 g/mol. The summed E-state index contributed by atoms with van der Waals surface area (Å²) in [6.07, 6.45) is 1.95. The summed E-state index contributed by atoms with van der Waals surface area (Å²) < 4.78 is 46.4. The Morgan fingerprint density at radius 3 is 2.34 bits per heavy atom. The van der Waals surface area contributed by atoms with E-state index >= 15 is 8.78 Å². The van der Waals surface area contributed by atoms with Gasteiger partial charge in [0.25, 0.3) is 0 Å². The Hall–Kier alpha value is -3.99. The average Bonchev–Trinajstić information content (AvgIpc) is 2.92. The number of carboxylic acid groups (broad SMARTS) is 1. The second-order valence-corrected chi connectivity index (χ2v) is 12.1. The van der Waals surface area contributed by atoms with Gasteiger partial charge in [0.15, 0.2) is 0 Å². The van der Waals surface area contributed by atoms with E-state index in [-0.39, 0.29) is 23.5 Å². The fraction of sp³-hybridized carbons (Fsp3) is 0.455. The molecule has 4 rings (SSSR count). The largest absolute Gasteiger partial charge is 0.481 e. The number of aliphatic carboxylic acids is 1. The van der Waals surface area contributed by atoms with Crippen molar-refractivity contribution in [2.45, 2.75) is 72.1 Å². The van der Waals surface area contributed by atoms with Gasteiger partial charge in [-0.25, -0.2) is 22.9 Å². The number of nitrogens with zero attached hydrogens (tertiary/aromatic N) is 3. The van der Waals surface area contributed by atoms with Crippen LogP contribution in [-0.4, -0.2) is 57.2 Å². The van der Waals surface area contributed by atoms with Crippen LogP contribution in [0.4, 0.5) is 13.2 Å². The van der Waals surface area contributed by atoms with Crippen LogP contribution in [0.2, 0.25) is 0 Å². The number of likely N-dealkylation sites (tertiary alicyclic amines) is 1. The molecule has 0 spiro atoms. The average molecular weight is 613 g/mol. The molecule has 0 radical (unpaired) electrons. The van der Waals surface area contributed by atoms with Gasteiger partial charge in [-0.05, 0) is 73.4 Å². The number of amides is 1. The van der Waals surface area contributed by atoms with Crippen molar-refractivity contribution >= 4 is 11.9 Å². The van der Waals surface area contributed by atoms with Gasteiger partial charge >= 0.3 is 11.7 Å². The van der Waals surface area contributed by atoms with E-state index < -0.39 is 59.4 Å². The topological polar surface area (TPSA) is 105 Å². The molecular formula is C33H39F3N4O4. The number of nitrogens with one attached hydrogen (secondary N) is 1. The molecule has 1 aromatic heterocycles. The highest BCUT2D eigenvalue weighted by Crippen LogP contribution is 2.37. The molecule has 2 unspecified atom stereocenters. The molecule has 8 nitrogen and oxygen atoms in total. The highest BCUT2D eigenvalue weighted by Gasteiger charge is 2.32. The minimum atomic E-state index is -1.57. The summed E-state index contributed by atoms with van der Waals surface area (Å²) in [6.45, 7) is 10.00. The van der Waals surface area contributed by atoms with Gasteiger partial charge in [-0.1, -0.05) is 32.0 Å². The monoisotopic (exact) mass is 612 g/mol. The smallest absolute Gasteiger partial charge is 0.348 e. The summed E-state index contributed by atoms with van der Waals surface area (Å²) in [5.41, 5.74) is 1.67. The van der Waals surface area contributed by atoms with Crippen molar-refractivity contribution in [2.24, 2.45) is 5.92 Å². The van der Waals surface area contributed by atoms with Crippen LogP contribution in [0, 0.1) is 38.3 Å². The molecule has 2 atom stereocenters. The first-order valence-corrected chi connectivity index (χ1v) is 14.8. The maximum absolute atomic E-state index is 16.3. The minimum Gasteiger partial charge on any atom is -0.481 e. The van der Waals surface area contributed by atoms with Crippen LogP contribution < -0.4 is 11.0 Å². The fourth-order valence-corrected chi connectivity index (χ4v) is 5.79. The van der Waals surface area contributed by atoms with Crippen molar-refractivity contribution in [3.05, 3.63) is 86.6 Å². The van der Waals surface area contributed by atoms with E-state index in [1.165, 1.54) is 30.0 Å². The summed E-state index contributed by atoms with van der Waals surface area (Å²) >= 11 is 0. The number of carboxylic acids is 1. The maximum Gasteiger partial charge on any atom is 0.348 e. The molecule has 2 heterocycles. The molecule has 0 aliphatic carbocycles. The Morgan fingerprint density at radius 2 is 1.75 bits per heavy atom. The number of rotatable bonds is 12. The first-order chi connectivity index (χ1) is 20.8. The summed E-state index contributed by atoms with van der Waals surface area (Å²) in [5.74, 6) is -4.12. The molecule has 44 heavy (non-hydrogen) atoms. The van der Waals surface area contributed by atoms with Crippen molar-refractivity contribution in [1.29, 1.82) is 0 Å². The van der Waals surface area contributed by atoms with Crippen molar-refractivity contribution < 1.29 is 27.9 Å². The fourth-order valence-electron chi connectivity index (χ4n) is 5.79. The van der Waals surface area contributed by atoms with Crippen LogP contribution in [0.1, 0.15) is 66.6 Å². The second kappa shape index (κ2) is 13.8. The lowest BCUT2D eigenvalue weighted by molar-refractivity contribution is -0.138. The van der Waals surface area contributed by atoms with E-state index in [2.05, 4.69) is 10.3 Å². The third-order valence-corrected chi connectivity index (χ3v) is 8.04. The minimum absolute atomic E-state index is 0.0788. The van der Waals surface area contributed by atoms with E-state index in [0.717, 1.165) is 11.1 Å². The zero-order valence-electron chi connectivity index (χ0n) is 25.7. The quantitative estimate of drug-likeness (QED) is 0.290. The number of hydrogen-bond donors (Lipinski definition) is 2. The van der Waals surface area contributed by atoms with E-state index in [1.807, 2.05) is 24.8 Å². The van der Waals surface area contributed by atoms with Crippen LogP contribution in [0.3, 0.4) is 0 Å². The number of benzene rings is 2. The van der Waals surface area contributed by atoms with Gasteiger partial charge in [0.2, 0.25) is 5.91 Å². The van der Waals surface area contributed by atoms with Gasteiger partial charge in [-0.2, -0.15) is 0 Å². The van der Waals surface area contributed by atoms with Crippen molar-refractivity contribution in [3.63, 3.8) is 0 Å². The Kier molecular flexibility index (Phi) is 10.3. The molecule has 1 aliphatic rings. The molecule has 11 heteroatoms. The molecule has 1 amide bonds. The van der Waals surface area contributed by atoms with Gasteiger partial charge in [0.05, 0.1) is 12.5 Å². The van der Waals surface area contributed by atoms with Crippen LogP contribution in [0.15, 0.2) is 41.5 Å². The van der Waals surface area contributed by atoms with E-state index in [9.17, 15) is 23.9 Å². The number of carbonyl (C=O) groups is 2. The standard InChI is InChI=1S/C33H39F3N4O4/c1-18(2)11-26(40-15-22(14-37-33(40)44)9-10-39-16-23(34)17-39)32(43)38-25(13-27(41)42)29-30(35)21(5)12-24(31(29)36)28-19(3)7-6-8-20(28)4/h6-8,12,14-15,18,23,25-26H,9-11,13,16-17H2,1-5H3,(H,38,43)(H,41,42). The molecule has 1 fully saturated rings. The van der Waals surface area contributed by atoms with Crippen LogP contribution >= 0.6 is 0 Å². The normalized spacial score (nSPS) is 15.2. The van der Waals surface area contributed by atoms with Crippen molar-refractivity contribution in [2.75, 3.05) is 19.6 Å². The van der Waals surface area contributed by atoms with Gasteiger partial charge in [0.1, 0.15) is 23.8 Å². The first-order valence-electron chi connectivity index (χ1n) is 14.8. The zero-order chi connectivity index (χ0) is 32.3. The molecule has 2 aromatic carbocycles. The van der Waals surface area contributed by atoms with Gasteiger partial charge in [0, 0.05) is 43.2 Å². The van der Waals surface area contributed by atoms with Crippen LogP contribution in [0.5, 0.6) is 0 Å². The first kappa shape index (κ1) is 32.9. The number of halogens is 3. The molecule has 0 saturated carbocycles. The van der Waals surface area contributed by atoms with Crippen LogP contribution in [-0.2, 0) is 16.0 Å². The molecule has 1 aliphatic heterocycles. The van der Waals surface area contributed by atoms with Crippen LogP contribution in [0.25, 0.3) is 11.1 Å². The number of carbonyl (C=O) groups excluding carboxylic acids is 1. The molecule has 2 N–H and O–H groups in total. The van der Waals surface area contributed by atoms with Gasteiger partial charge < -0.3 is 10.4 Å². The predicted molar refractivity (Wildman–Crippen MR) is 161 cm³/mol. The Bertz CT molecular complexity index is 1580. The number of hydrogen-bond acceptors (Lipinski definition) is 5. The van der Waals surface area contributed by atoms with Crippen molar-refractivity contribution in [3.8, 4) is 11.1 Å². The lowest BCUT2D eigenvalue weighted by Gasteiger charge is -2.34. The second-order valence-electron chi connectivity index (χ2n) is 12.1. The number of alkyl halides is 1. The van der Waals surface area contributed by atoms with Crippen molar-refractivity contribution in [1.82, 2.24) is 19.8 Å². The molecule has 236 valence electrons. The predicted octanol–water partition coefficient (Wildman–Crippen LogP) is 5.23. The summed E-state index contributed by atoms with van der Waals surface area (Å²) in [6, 6.07) is 4.11. The van der Waals surface area contributed by atoms with E-state index in [1.54, 1.807) is 26.0 Å². The van der Waals surface area contributed by atoms with Gasteiger partial charge in [-0.3, -0.25) is 19.1 Å². The zero-order valence-corrected chi connectivity index (χ0v) is 25.7. The highest BCUT2D eigenvalue weighted by atomic mass is 19.1. The third-order valence-electron chi connectivity index (χ3n) is 8.04. The number of aromatic nitrogens is 2. The number of aryl methyl sites for hydroxylation is 3. The van der Waals surface area contributed by atoms with Gasteiger partial charge in [-0.15, -0.1) is 0 Å². The lowest BCUT2D eigenvalue weighted by atomic mass is 9.89. The summed E-state index contributed by atoms with van der Waals surface area (Å²) in [4.78, 5) is 44.5. The Morgan fingerprint density at radius 1 is 1.09 bits per heavy atom. The SMILES string of the molecule is Cc1cc(-c2c(C)cccc2C)c(F)c(C(CC(=O)O)NC(=O)C(CC(C)C)n2cc(CCN3CC(F)C3)cnc2=O)c1F. The Balaban J connectivity index is 1.72. The third kappa shape index (κ3) is 7.38. The lowest BCUT2D eigenvalue weighted by Crippen LogP contribution is -2.49. The van der Waals surface area contributed by atoms with E-state index in [4.69, 9.17) is 0 Å². The summed E-state index contributed by atoms with van der Waals surface area (Å²) in [7, 11) is 0. The molecule has 1 saturated heterocycles. The van der Waals surface area contributed by atoms with E-state index in [0.29, 0.717) is 37.2 Å². The summed E-state index contributed by atoms with van der Waals surface area (Å²) in [5, 5.41) is 12.3. The highest BCUT2D eigenvalue weighted by molar-refractivity contribution is 5.82. The molecule has 3 aromatic rings.